The lowest BCUT2D eigenvalue weighted by Crippen LogP contribution is -2.35. The molecule has 1 aromatic rings. The highest BCUT2D eigenvalue weighted by atomic mass is 32.2. The molecule has 1 unspecified atom stereocenters. The van der Waals surface area contributed by atoms with Crippen molar-refractivity contribution in [1.82, 2.24) is 9.29 Å². The van der Waals surface area contributed by atoms with Crippen molar-refractivity contribution >= 4 is 15.7 Å². The van der Waals surface area contributed by atoms with E-state index in [-0.39, 0.29) is 10.9 Å². The SMILES string of the molecule is CCC1CCCN1S(=O)(=O)c1cnccc1NC. The van der Waals surface area contributed by atoms with Gasteiger partial charge >= 0.3 is 0 Å². The van der Waals surface area contributed by atoms with E-state index in [0.29, 0.717) is 12.2 Å². The zero-order valence-electron chi connectivity index (χ0n) is 10.8. The average Bonchev–Trinajstić information content (AvgIpc) is 2.87. The average molecular weight is 269 g/mol. The van der Waals surface area contributed by atoms with Crippen molar-refractivity contribution < 1.29 is 8.42 Å². The van der Waals surface area contributed by atoms with Gasteiger partial charge in [-0.1, -0.05) is 6.92 Å². The first kappa shape index (κ1) is 13.3. The molecule has 1 aliphatic rings. The summed E-state index contributed by atoms with van der Waals surface area (Å²) in [5.74, 6) is 0. The summed E-state index contributed by atoms with van der Waals surface area (Å²) in [5, 5.41) is 2.91. The van der Waals surface area contributed by atoms with Gasteiger partial charge in [0.05, 0.1) is 5.69 Å². The van der Waals surface area contributed by atoms with Gasteiger partial charge in [-0.05, 0) is 25.3 Å². The number of rotatable bonds is 4. The first-order valence-corrected chi connectivity index (χ1v) is 7.69. The van der Waals surface area contributed by atoms with Gasteiger partial charge in [-0.15, -0.1) is 0 Å². The minimum atomic E-state index is -3.43. The minimum absolute atomic E-state index is 0.125. The van der Waals surface area contributed by atoms with Gasteiger partial charge in [0.1, 0.15) is 4.90 Å². The number of pyridine rings is 1. The quantitative estimate of drug-likeness (QED) is 0.903. The van der Waals surface area contributed by atoms with Crippen LogP contribution in [0.25, 0.3) is 0 Å². The Morgan fingerprint density at radius 1 is 1.56 bits per heavy atom. The molecule has 100 valence electrons. The molecular formula is C12H19N3O2S. The molecule has 1 N–H and O–H groups in total. The number of hydrogen-bond acceptors (Lipinski definition) is 4. The molecule has 0 radical (unpaired) electrons. The zero-order chi connectivity index (χ0) is 13.2. The lowest BCUT2D eigenvalue weighted by molar-refractivity contribution is 0.379. The maximum atomic E-state index is 12.6. The highest BCUT2D eigenvalue weighted by Crippen LogP contribution is 2.30. The standard InChI is InChI=1S/C12H19N3O2S/c1-3-10-5-4-8-15(10)18(16,17)12-9-14-7-6-11(12)13-2/h6-7,9-10H,3-5,8H2,1-2H3,(H,13,14). The van der Waals surface area contributed by atoms with Crippen LogP contribution in [0.15, 0.2) is 23.4 Å². The fraction of sp³-hybridized carbons (Fsp3) is 0.583. The van der Waals surface area contributed by atoms with Crippen LogP contribution in [0.3, 0.4) is 0 Å². The molecule has 1 saturated heterocycles. The number of nitrogens with zero attached hydrogens (tertiary/aromatic N) is 2. The molecule has 0 aliphatic carbocycles. The minimum Gasteiger partial charge on any atom is -0.387 e. The lowest BCUT2D eigenvalue weighted by atomic mass is 10.2. The summed E-state index contributed by atoms with van der Waals surface area (Å²) in [5.41, 5.74) is 0.603. The maximum Gasteiger partial charge on any atom is 0.246 e. The van der Waals surface area contributed by atoms with Crippen LogP contribution in [0.2, 0.25) is 0 Å². The third-order valence-electron chi connectivity index (χ3n) is 3.43. The summed E-state index contributed by atoms with van der Waals surface area (Å²) < 4.78 is 26.9. The van der Waals surface area contributed by atoms with Gasteiger partial charge in [0.2, 0.25) is 10.0 Å². The van der Waals surface area contributed by atoms with Crippen LogP contribution in [0.1, 0.15) is 26.2 Å². The Morgan fingerprint density at radius 3 is 3.00 bits per heavy atom. The van der Waals surface area contributed by atoms with Gasteiger partial charge in [-0.2, -0.15) is 4.31 Å². The number of nitrogens with one attached hydrogen (secondary N) is 1. The molecule has 0 aromatic carbocycles. The molecule has 1 atom stereocenters. The largest absolute Gasteiger partial charge is 0.387 e. The lowest BCUT2D eigenvalue weighted by Gasteiger charge is -2.23. The molecular weight excluding hydrogens is 250 g/mol. The topological polar surface area (TPSA) is 62.3 Å². The van der Waals surface area contributed by atoms with E-state index in [4.69, 9.17) is 0 Å². The van der Waals surface area contributed by atoms with E-state index in [1.165, 1.54) is 6.20 Å². The molecule has 2 heterocycles. The molecule has 2 rings (SSSR count). The first-order chi connectivity index (χ1) is 8.61. The highest BCUT2D eigenvalue weighted by molar-refractivity contribution is 7.89. The van der Waals surface area contributed by atoms with Crippen LogP contribution in [-0.2, 0) is 10.0 Å². The Labute approximate surface area is 108 Å². The van der Waals surface area contributed by atoms with Crippen LogP contribution < -0.4 is 5.32 Å². The maximum absolute atomic E-state index is 12.6. The van der Waals surface area contributed by atoms with Crippen LogP contribution in [0, 0.1) is 0 Å². The smallest absolute Gasteiger partial charge is 0.246 e. The van der Waals surface area contributed by atoms with Crippen molar-refractivity contribution in [2.75, 3.05) is 18.9 Å². The second-order valence-corrected chi connectivity index (χ2v) is 6.30. The van der Waals surface area contributed by atoms with E-state index in [2.05, 4.69) is 10.3 Å². The molecule has 6 heteroatoms. The van der Waals surface area contributed by atoms with E-state index < -0.39 is 10.0 Å². The van der Waals surface area contributed by atoms with Crippen molar-refractivity contribution in [2.45, 2.75) is 37.1 Å². The highest BCUT2D eigenvalue weighted by Gasteiger charge is 2.35. The summed E-state index contributed by atoms with van der Waals surface area (Å²) in [4.78, 5) is 4.21. The van der Waals surface area contributed by atoms with Gasteiger partial charge in [0.15, 0.2) is 0 Å². The van der Waals surface area contributed by atoms with Crippen molar-refractivity contribution in [3.05, 3.63) is 18.5 Å². The van der Waals surface area contributed by atoms with Crippen LogP contribution in [0.4, 0.5) is 5.69 Å². The van der Waals surface area contributed by atoms with Crippen LogP contribution in [0.5, 0.6) is 0 Å². The monoisotopic (exact) mass is 269 g/mol. The van der Waals surface area contributed by atoms with Crippen LogP contribution >= 0.6 is 0 Å². The summed E-state index contributed by atoms with van der Waals surface area (Å²) in [6.45, 7) is 2.64. The molecule has 1 aromatic heterocycles. The van der Waals surface area contributed by atoms with E-state index in [1.807, 2.05) is 6.92 Å². The molecule has 1 fully saturated rings. The first-order valence-electron chi connectivity index (χ1n) is 6.25. The third-order valence-corrected chi connectivity index (χ3v) is 5.41. The predicted molar refractivity (Wildman–Crippen MR) is 71.0 cm³/mol. The zero-order valence-corrected chi connectivity index (χ0v) is 11.6. The fourth-order valence-electron chi connectivity index (χ4n) is 2.45. The molecule has 0 saturated carbocycles. The normalized spacial score (nSPS) is 21.1. The summed E-state index contributed by atoms with van der Waals surface area (Å²) in [7, 11) is -1.72. The van der Waals surface area contributed by atoms with Crippen molar-refractivity contribution in [1.29, 1.82) is 0 Å². The van der Waals surface area contributed by atoms with Crippen LogP contribution in [-0.4, -0.2) is 37.3 Å². The van der Waals surface area contributed by atoms with E-state index in [1.54, 1.807) is 23.6 Å². The van der Waals surface area contributed by atoms with Gasteiger partial charge < -0.3 is 5.32 Å². The predicted octanol–water partition coefficient (Wildman–Crippen LogP) is 1.69. The Kier molecular flexibility index (Phi) is 3.87. The Balaban J connectivity index is 2.42. The van der Waals surface area contributed by atoms with E-state index >= 15 is 0 Å². The van der Waals surface area contributed by atoms with Crippen molar-refractivity contribution in [3.8, 4) is 0 Å². The molecule has 0 bridgehead atoms. The van der Waals surface area contributed by atoms with Gasteiger partial charge in [0.25, 0.3) is 0 Å². The number of sulfonamides is 1. The molecule has 0 amide bonds. The van der Waals surface area contributed by atoms with Gasteiger partial charge in [-0.3, -0.25) is 4.98 Å². The Hall–Kier alpha value is -1.14. The van der Waals surface area contributed by atoms with Gasteiger partial charge in [0, 0.05) is 32.0 Å². The Bertz CT molecular complexity index is 516. The summed E-state index contributed by atoms with van der Waals surface area (Å²) >= 11 is 0. The van der Waals surface area contributed by atoms with Gasteiger partial charge in [-0.25, -0.2) is 8.42 Å². The van der Waals surface area contributed by atoms with Crippen molar-refractivity contribution in [3.63, 3.8) is 0 Å². The second kappa shape index (κ2) is 5.24. The number of anilines is 1. The van der Waals surface area contributed by atoms with Crippen molar-refractivity contribution in [2.24, 2.45) is 0 Å². The molecule has 0 spiro atoms. The fourth-order valence-corrected chi connectivity index (χ4v) is 4.36. The summed E-state index contributed by atoms with van der Waals surface area (Å²) in [6, 6.07) is 1.81. The molecule has 5 nitrogen and oxygen atoms in total. The van der Waals surface area contributed by atoms with E-state index in [9.17, 15) is 8.42 Å². The van der Waals surface area contributed by atoms with E-state index in [0.717, 1.165) is 19.3 Å². The number of aromatic nitrogens is 1. The molecule has 1 aliphatic heterocycles. The second-order valence-electron chi connectivity index (χ2n) is 4.44. The Morgan fingerprint density at radius 2 is 2.33 bits per heavy atom. The molecule has 18 heavy (non-hydrogen) atoms. The third kappa shape index (κ3) is 2.22. The summed E-state index contributed by atoms with van der Waals surface area (Å²) in [6.07, 6.45) is 5.75. The number of hydrogen-bond donors (Lipinski definition) is 1.